The second kappa shape index (κ2) is 7.50. The molecule has 5 heteroatoms. The van der Waals surface area contributed by atoms with Crippen LogP contribution in [-0.2, 0) is 11.3 Å². The van der Waals surface area contributed by atoms with Crippen molar-refractivity contribution in [2.75, 3.05) is 18.6 Å². The molecule has 1 N–H and O–H groups in total. The Kier molecular flexibility index (Phi) is 5.67. The fraction of sp³-hybridized carbons (Fsp3) is 0.500. The number of benzene rings is 1. The summed E-state index contributed by atoms with van der Waals surface area (Å²) in [6.45, 7) is 0.528. The summed E-state index contributed by atoms with van der Waals surface area (Å²) in [5.74, 6) is 2.10. The smallest absolute Gasteiger partial charge is 0.335 e. The van der Waals surface area contributed by atoms with Crippen molar-refractivity contribution in [2.24, 2.45) is 5.92 Å². The summed E-state index contributed by atoms with van der Waals surface area (Å²) in [5.41, 5.74) is 1.22. The molecule has 0 saturated carbocycles. The quantitative estimate of drug-likeness (QED) is 0.909. The normalized spacial score (nSPS) is 15.7. The largest absolute Gasteiger partial charge is 0.478 e. The molecule has 2 rings (SSSR count). The highest BCUT2D eigenvalue weighted by Gasteiger charge is 2.19. The minimum absolute atomic E-state index is 0.175. The summed E-state index contributed by atoms with van der Waals surface area (Å²) in [5, 5.41) is 8.86. The van der Waals surface area contributed by atoms with Gasteiger partial charge in [0.05, 0.1) is 5.56 Å². The van der Waals surface area contributed by atoms with E-state index in [0.717, 1.165) is 29.9 Å². The number of carbonyl (C=O) groups is 2. The number of nitrogens with zero attached hydrogens (tertiary/aromatic N) is 1. The van der Waals surface area contributed by atoms with Crippen LogP contribution >= 0.6 is 11.8 Å². The summed E-state index contributed by atoms with van der Waals surface area (Å²) in [6, 6.07) is 6.69. The first kappa shape index (κ1) is 15.9. The number of rotatable bonds is 5. The molecule has 1 amide bonds. The third kappa shape index (κ3) is 4.77. The Bertz CT molecular complexity index is 495. The number of amides is 1. The van der Waals surface area contributed by atoms with Gasteiger partial charge in [-0.2, -0.15) is 11.8 Å². The molecule has 0 spiro atoms. The van der Waals surface area contributed by atoms with E-state index in [1.807, 2.05) is 18.8 Å². The predicted octanol–water partition coefficient (Wildman–Crippen LogP) is 2.88. The highest BCUT2D eigenvalue weighted by molar-refractivity contribution is 7.99. The van der Waals surface area contributed by atoms with E-state index in [0.29, 0.717) is 18.9 Å². The van der Waals surface area contributed by atoms with Gasteiger partial charge >= 0.3 is 5.97 Å². The molecule has 0 atom stereocenters. The van der Waals surface area contributed by atoms with Crippen molar-refractivity contribution < 1.29 is 14.7 Å². The molecule has 0 aliphatic carbocycles. The fourth-order valence-corrected chi connectivity index (χ4v) is 3.67. The maximum absolute atomic E-state index is 12.2. The number of hydrogen-bond donors (Lipinski definition) is 1. The lowest BCUT2D eigenvalue weighted by Gasteiger charge is -2.24. The van der Waals surface area contributed by atoms with Gasteiger partial charge in [-0.15, -0.1) is 0 Å². The topological polar surface area (TPSA) is 57.6 Å². The SMILES string of the molecule is CN(Cc1ccc(C(=O)O)cc1)C(=O)CC1CCSCC1. The molecule has 0 unspecified atom stereocenters. The second-order valence-electron chi connectivity index (χ2n) is 5.51. The standard InChI is InChI=1S/C16H21NO3S/c1-17(15(18)10-12-6-8-21-9-7-12)11-13-2-4-14(5-3-13)16(19)20/h2-5,12H,6-11H2,1H3,(H,19,20). The van der Waals surface area contributed by atoms with E-state index in [-0.39, 0.29) is 11.5 Å². The highest BCUT2D eigenvalue weighted by atomic mass is 32.2. The van der Waals surface area contributed by atoms with E-state index in [9.17, 15) is 9.59 Å². The van der Waals surface area contributed by atoms with Crippen LogP contribution in [0.4, 0.5) is 0 Å². The second-order valence-corrected chi connectivity index (χ2v) is 6.74. The molecule has 1 aliphatic heterocycles. The van der Waals surface area contributed by atoms with Crippen LogP contribution in [0.25, 0.3) is 0 Å². The van der Waals surface area contributed by atoms with E-state index in [1.54, 1.807) is 29.2 Å². The van der Waals surface area contributed by atoms with Crippen molar-refractivity contribution in [1.29, 1.82) is 0 Å². The summed E-state index contributed by atoms with van der Waals surface area (Å²) in [7, 11) is 1.81. The van der Waals surface area contributed by atoms with Crippen LogP contribution in [0.5, 0.6) is 0 Å². The van der Waals surface area contributed by atoms with Gasteiger partial charge in [0, 0.05) is 20.0 Å². The van der Waals surface area contributed by atoms with Gasteiger partial charge in [-0.3, -0.25) is 4.79 Å². The van der Waals surface area contributed by atoms with Crippen LogP contribution in [0.1, 0.15) is 35.2 Å². The molecular weight excluding hydrogens is 286 g/mol. The zero-order valence-electron chi connectivity index (χ0n) is 12.2. The van der Waals surface area contributed by atoms with Gasteiger partial charge in [-0.25, -0.2) is 4.79 Å². The number of carbonyl (C=O) groups excluding carboxylic acids is 1. The van der Waals surface area contributed by atoms with Crippen molar-refractivity contribution in [3.05, 3.63) is 35.4 Å². The van der Waals surface area contributed by atoms with Gasteiger partial charge in [-0.05, 0) is 48.0 Å². The zero-order valence-corrected chi connectivity index (χ0v) is 13.1. The third-order valence-electron chi connectivity index (χ3n) is 3.85. The summed E-state index contributed by atoms with van der Waals surface area (Å²) >= 11 is 1.97. The summed E-state index contributed by atoms with van der Waals surface area (Å²) in [6.07, 6.45) is 2.90. The minimum atomic E-state index is -0.929. The molecular formula is C16H21NO3S. The number of hydrogen-bond acceptors (Lipinski definition) is 3. The van der Waals surface area contributed by atoms with Crippen molar-refractivity contribution in [2.45, 2.75) is 25.8 Å². The van der Waals surface area contributed by atoms with Gasteiger partial charge in [-0.1, -0.05) is 12.1 Å². The van der Waals surface area contributed by atoms with Crippen LogP contribution in [0.15, 0.2) is 24.3 Å². The Labute approximate surface area is 129 Å². The Balaban J connectivity index is 1.86. The first-order valence-corrected chi connectivity index (χ1v) is 8.35. The molecule has 0 aromatic heterocycles. The monoisotopic (exact) mass is 307 g/mol. The minimum Gasteiger partial charge on any atom is -0.478 e. The third-order valence-corrected chi connectivity index (χ3v) is 4.90. The Hall–Kier alpha value is -1.49. The van der Waals surface area contributed by atoms with Crippen LogP contribution in [-0.4, -0.2) is 40.4 Å². The van der Waals surface area contributed by atoms with Gasteiger partial charge < -0.3 is 10.0 Å². The lowest BCUT2D eigenvalue weighted by Crippen LogP contribution is -2.29. The van der Waals surface area contributed by atoms with E-state index < -0.39 is 5.97 Å². The first-order chi connectivity index (χ1) is 10.1. The van der Waals surface area contributed by atoms with Crippen LogP contribution in [0.3, 0.4) is 0 Å². The van der Waals surface area contributed by atoms with Crippen LogP contribution in [0, 0.1) is 5.92 Å². The lowest BCUT2D eigenvalue weighted by molar-refractivity contribution is -0.131. The molecule has 0 radical (unpaired) electrons. The van der Waals surface area contributed by atoms with Crippen LogP contribution < -0.4 is 0 Å². The van der Waals surface area contributed by atoms with Gasteiger partial charge in [0.25, 0.3) is 0 Å². The molecule has 4 nitrogen and oxygen atoms in total. The summed E-state index contributed by atoms with van der Waals surface area (Å²) in [4.78, 5) is 24.7. The molecule has 1 heterocycles. The molecule has 114 valence electrons. The number of carboxylic acids is 1. The van der Waals surface area contributed by atoms with Crippen molar-refractivity contribution in [3.8, 4) is 0 Å². The molecule has 1 aromatic rings. The zero-order chi connectivity index (χ0) is 15.2. The number of carboxylic acid groups (broad SMARTS) is 1. The van der Waals surface area contributed by atoms with Crippen molar-refractivity contribution in [3.63, 3.8) is 0 Å². The molecule has 21 heavy (non-hydrogen) atoms. The number of aromatic carboxylic acids is 1. The highest BCUT2D eigenvalue weighted by Crippen LogP contribution is 2.25. The molecule has 1 fully saturated rings. The molecule has 0 bridgehead atoms. The lowest BCUT2D eigenvalue weighted by atomic mass is 9.98. The van der Waals surface area contributed by atoms with E-state index in [1.165, 1.54) is 0 Å². The average Bonchev–Trinajstić information content (AvgIpc) is 2.48. The van der Waals surface area contributed by atoms with E-state index in [2.05, 4.69) is 0 Å². The Morgan fingerprint density at radius 3 is 2.43 bits per heavy atom. The molecule has 1 aliphatic rings. The maximum atomic E-state index is 12.2. The van der Waals surface area contributed by atoms with Gasteiger partial charge in [0.15, 0.2) is 0 Å². The maximum Gasteiger partial charge on any atom is 0.335 e. The van der Waals surface area contributed by atoms with Gasteiger partial charge in [0.1, 0.15) is 0 Å². The van der Waals surface area contributed by atoms with Gasteiger partial charge in [0.2, 0.25) is 5.91 Å². The number of thioether (sulfide) groups is 1. The summed E-state index contributed by atoms with van der Waals surface area (Å²) < 4.78 is 0. The predicted molar refractivity (Wildman–Crippen MR) is 84.5 cm³/mol. The Morgan fingerprint density at radius 2 is 1.86 bits per heavy atom. The van der Waals surface area contributed by atoms with E-state index >= 15 is 0 Å². The van der Waals surface area contributed by atoms with Crippen molar-refractivity contribution >= 4 is 23.6 Å². The van der Waals surface area contributed by atoms with E-state index in [4.69, 9.17) is 5.11 Å². The fourth-order valence-electron chi connectivity index (χ4n) is 2.47. The first-order valence-electron chi connectivity index (χ1n) is 7.20. The average molecular weight is 307 g/mol. The Morgan fingerprint density at radius 1 is 1.24 bits per heavy atom. The molecule has 1 aromatic carbocycles. The van der Waals surface area contributed by atoms with Crippen molar-refractivity contribution in [1.82, 2.24) is 4.90 Å². The molecule has 1 saturated heterocycles. The van der Waals surface area contributed by atoms with Crippen LogP contribution in [0.2, 0.25) is 0 Å².